The largest absolute Gasteiger partial charge is 0.461 e. The third-order valence-electron chi connectivity index (χ3n) is 3.60. The lowest BCUT2D eigenvalue weighted by Gasteiger charge is -2.26. The van der Waals surface area contributed by atoms with Crippen LogP contribution in [0.1, 0.15) is 12.8 Å². The van der Waals surface area contributed by atoms with Crippen molar-refractivity contribution in [3.63, 3.8) is 0 Å². The van der Waals surface area contributed by atoms with Crippen LogP contribution in [0.15, 0.2) is 43.0 Å². The average molecular weight is 354 g/mol. The maximum absolute atomic E-state index is 12.5. The molecule has 0 aromatic heterocycles. The Balaban J connectivity index is 2.10. The topological polar surface area (TPSA) is 55.4 Å². The van der Waals surface area contributed by atoms with Crippen LogP contribution >= 0.6 is 23.2 Å². The lowest BCUT2D eigenvalue weighted by atomic mass is 9.82. The number of halogens is 2. The van der Waals surface area contributed by atoms with Gasteiger partial charge in [-0.3, -0.25) is 9.59 Å². The van der Waals surface area contributed by atoms with Crippen LogP contribution in [0.5, 0.6) is 0 Å². The predicted molar refractivity (Wildman–Crippen MR) is 91.6 cm³/mol. The molecule has 23 heavy (non-hydrogen) atoms. The Morgan fingerprint density at radius 1 is 1.26 bits per heavy atom. The van der Waals surface area contributed by atoms with Crippen LogP contribution in [-0.2, 0) is 14.3 Å². The summed E-state index contributed by atoms with van der Waals surface area (Å²) in [6.07, 6.45) is 6.23. The molecule has 0 bridgehead atoms. The van der Waals surface area contributed by atoms with Crippen LogP contribution in [0, 0.1) is 11.8 Å². The minimum Gasteiger partial charge on any atom is -0.461 e. The van der Waals surface area contributed by atoms with E-state index in [1.807, 2.05) is 12.2 Å². The number of carbonyl (C=O) groups is 2. The number of anilines is 1. The van der Waals surface area contributed by atoms with Gasteiger partial charge in [0.25, 0.3) is 0 Å². The predicted octanol–water partition coefficient (Wildman–Crippen LogP) is 4.24. The highest BCUT2D eigenvalue weighted by atomic mass is 35.5. The third kappa shape index (κ3) is 4.60. The van der Waals surface area contributed by atoms with Gasteiger partial charge >= 0.3 is 5.97 Å². The SMILES string of the molecule is C=CCOC(=O)[C@@H]1CC=CC[C@H]1C(=O)Nc1ccc(Cl)cc1Cl. The summed E-state index contributed by atoms with van der Waals surface area (Å²) in [5, 5.41) is 3.59. The first-order chi connectivity index (χ1) is 11.0. The molecule has 4 nitrogen and oxygen atoms in total. The summed E-state index contributed by atoms with van der Waals surface area (Å²) < 4.78 is 5.09. The monoisotopic (exact) mass is 353 g/mol. The van der Waals surface area contributed by atoms with E-state index in [-0.39, 0.29) is 12.5 Å². The fourth-order valence-electron chi connectivity index (χ4n) is 2.43. The molecule has 0 aliphatic heterocycles. The van der Waals surface area contributed by atoms with E-state index in [1.54, 1.807) is 18.2 Å². The van der Waals surface area contributed by atoms with Crippen molar-refractivity contribution >= 4 is 40.8 Å². The molecule has 0 saturated carbocycles. The van der Waals surface area contributed by atoms with Crippen molar-refractivity contribution < 1.29 is 14.3 Å². The molecule has 0 saturated heterocycles. The number of hydrogen-bond acceptors (Lipinski definition) is 3. The first kappa shape index (κ1) is 17.6. The molecule has 122 valence electrons. The van der Waals surface area contributed by atoms with Gasteiger partial charge in [-0.1, -0.05) is 48.0 Å². The Morgan fingerprint density at radius 2 is 1.96 bits per heavy atom. The van der Waals surface area contributed by atoms with Crippen molar-refractivity contribution in [3.8, 4) is 0 Å². The van der Waals surface area contributed by atoms with Gasteiger partial charge in [-0.05, 0) is 31.0 Å². The van der Waals surface area contributed by atoms with Crippen LogP contribution in [0.25, 0.3) is 0 Å². The minimum absolute atomic E-state index is 0.135. The number of ether oxygens (including phenoxy) is 1. The Labute approximate surface area is 145 Å². The molecule has 6 heteroatoms. The quantitative estimate of drug-likeness (QED) is 0.636. The first-order valence-corrected chi connectivity index (χ1v) is 7.97. The molecule has 1 aromatic rings. The van der Waals surface area contributed by atoms with E-state index in [9.17, 15) is 9.59 Å². The van der Waals surface area contributed by atoms with Crippen LogP contribution < -0.4 is 5.32 Å². The molecule has 1 aromatic carbocycles. The number of hydrogen-bond donors (Lipinski definition) is 1. The Bertz CT molecular complexity index is 643. The molecule has 0 unspecified atom stereocenters. The summed E-state index contributed by atoms with van der Waals surface area (Å²) in [4.78, 5) is 24.6. The molecule has 0 radical (unpaired) electrons. The fourth-order valence-corrected chi connectivity index (χ4v) is 2.88. The van der Waals surface area contributed by atoms with Crippen LogP contribution in [0.2, 0.25) is 10.0 Å². The summed E-state index contributed by atoms with van der Waals surface area (Å²) >= 11 is 11.9. The number of amides is 1. The number of rotatable bonds is 5. The molecule has 0 spiro atoms. The normalized spacial score (nSPS) is 19.9. The van der Waals surface area contributed by atoms with E-state index < -0.39 is 17.8 Å². The molecule has 1 aliphatic carbocycles. The van der Waals surface area contributed by atoms with Crippen molar-refractivity contribution in [1.29, 1.82) is 0 Å². The van der Waals surface area contributed by atoms with Gasteiger partial charge in [-0.25, -0.2) is 0 Å². The van der Waals surface area contributed by atoms with Gasteiger partial charge in [0.15, 0.2) is 0 Å². The maximum atomic E-state index is 12.5. The third-order valence-corrected chi connectivity index (χ3v) is 4.15. The number of allylic oxidation sites excluding steroid dienone is 2. The lowest BCUT2D eigenvalue weighted by molar-refractivity contribution is -0.151. The number of carbonyl (C=O) groups excluding carboxylic acids is 2. The second kappa shape index (κ2) is 8.18. The highest BCUT2D eigenvalue weighted by Crippen LogP contribution is 2.30. The van der Waals surface area contributed by atoms with Crippen molar-refractivity contribution in [2.75, 3.05) is 11.9 Å². The Kier molecular flexibility index (Phi) is 6.25. The van der Waals surface area contributed by atoms with Crippen molar-refractivity contribution in [2.24, 2.45) is 11.8 Å². The summed E-state index contributed by atoms with van der Waals surface area (Å²) in [6.45, 7) is 3.64. The standard InChI is InChI=1S/C17H17Cl2NO3/c1-2-9-23-17(22)13-6-4-3-5-12(13)16(21)20-15-8-7-11(18)10-14(15)19/h2-4,7-8,10,12-13H,1,5-6,9H2,(H,20,21)/t12-,13-/m1/s1. The highest BCUT2D eigenvalue weighted by Gasteiger charge is 2.35. The zero-order valence-corrected chi connectivity index (χ0v) is 13.9. The van der Waals surface area contributed by atoms with Crippen molar-refractivity contribution in [2.45, 2.75) is 12.8 Å². The van der Waals surface area contributed by atoms with Crippen LogP contribution in [-0.4, -0.2) is 18.5 Å². The maximum Gasteiger partial charge on any atom is 0.310 e. The summed E-state index contributed by atoms with van der Waals surface area (Å²) in [5.74, 6) is -1.66. The molecule has 0 heterocycles. The summed E-state index contributed by atoms with van der Waals surface area (Å²) in [6, 6.07) is 4.82. The molecule has 1 amide bonds. The van der Waals surface area contributed by atoms with E-state index in [0.29, 0.717) is 28.6 Å². The van der Waals surface area contributed by atoms with Gasteiger partial charge in [-0.15, -0.1) is 0 Å². The minimum atomic E-state index is -0.508. The van der Waals surface area contributed by atoms with Gasteiger partial charge in [0, 0.05) is 5.02 Å². The van der Waals surface area contributed by atoms with Gasteiger partial charge in [-0.2, -0.15) is 0 Å². The molecule has 1 N–H and O–H groups in total. The smallest absolute Gasteiger partial charge is 0.310 e. The van der Waals surface area contributed by atoms with E-state index in [4.69, 9.17) is 27.9 Å². The van der Waals surface area contributed by atoms with E-state index >= 15 is 0 Å². The van der Waals surface area contributed by atoms with Crippen molar-refractivity contribution in [3.05, 3.63) is 53.1 Å². The van der Waals surface area contributed by atoms with Crippen LogP contribution in [0.3, 0.4) is 0 Å². The highest BCUT2D eigenvalue weighted by molar-refractivity contribution is 6.36. The molecule has 2 rings (SSSR count). The second-order valence-corrected chi connectivity index (χ2v) is 6.03. The molecular weight excluding hydrogens is 337 g/mol. The molecule has 2 atom stereocenters. The summed E-state index contributed by atoms with van der Waals surface area (Å²) in [7, 11) is 0. The van der Waals surface area contributed by atoms with E-state index in [2.05, 4.69) is 11.9 Å². The average Bonchev–Trinajstić information content (AvgIpc) is 2.55. The zero-order valence-electron chi connectivity index (χ0n) is 12.4. The molecular formula is C17H17Cl2NO3. The van der Waals surface area contributed by atoms with Gasteiger partial charge in [0.2, 0.25) is 5.91 Å². The summed E-state index contributed by atoms with van der Waals surface area (Å²) in [5.41, 5.74) is 0.467. The van der Waals surface area contributed by atoms with Gasteiger partial charge in [0.05, 0.1) is 22.5 Å². The molecule has 0 fully saturated rings. The fraction of sp³-hybridized carbons (Fsp3) is 0.294. The van der Waals surface area contributed by atoms with Gasteiger partial charge < -0.3 is 10.1 Å². The molecule has 1 aliphatic rings. The zero-order chi connectivity index (χ0) is 16.8. The van der Waals surface area contributed by atoms with E-state index in [0.717, 1.165) is 0 Å². The lowest BCUT2D eigenvalue weighted by Crippen LogP contribution is -2.35. The first-order valence-electron chi connectivity index (χ1n) is 7.21. The second-order valence-electron chi connectivity index (χ2n) is 5.19. The number of esters is 1. The van der Waals surface area contributed by atoms with Gasteiger partial charge in [0.1, 0.15) is 6.61 Å². The Hall–Kier alpha value is -1.78. The number of benzene rings is 1. The number of nitrogens with one attached hydrogen (secondary N) is 1. The van der Waals surface area contributed by atoms with E-state index in [1.165, 1.54) is 6.08 Å². The van der Waals surface area contributed by atoms with Crippen LogP contribution in [0.4, 0.5) is 5.69 Å². The van der Waals surface area contributed by atoms with Crippen molar-refractivity contribution in [1.82, 2.24) is 0 Å². The Morgan fingerprint density at radius 3 is 2.61 bits per heavy atom.